The number of nitro groups is 1. The number of hydrazine groups is 1. The van der Waals surface area contributed by atoms with E-state index in [1.54, 1.807) is 7.05 Å². The Hall–Kier alpha value is -2.35. The van der Waals surface area contributed by atoms with E-state index in [1.807, 2.05) is 0 Å². The SMILES string of the molecule is COc1nc(/C(=C/N)N(C)N)ccc1[N+](=O)[O-]. The highest BCUT2D eigenvalue weighted by atomic mass is 16.6. The van der Waals surface area contributed by atoms with Gasteiger partial charge in [0.05, 0.1) is 23.4 Å². The lowest BCUT2D eigenvalue weighted by Crippen LogP contribution is -2.25. The quantitative estimate of drug-likeness (QED) is 0.433. The molecule has 8 nitrogen and oxygen atoms in total. The Morgan fingerprint density at radius 3 is 2.71 bits per heavy atom. The summed E-state index contributed by atoms with van der Waals surface area (Å²) < 4.78 is 4.84. The Morgan fingerprint density at radius 1 is 1.65 bits per heavy atom. The third-order valence-corrected chi connectivity index (χ3v) is 2.03. The van der Waals surface area contributed by atoms with Gasteiger partial charge in [0.15, 0.2) is 0 Å². The first kappa shape index (κ1) is 12.7. The molecular weight excluding hydrogens is 226 g/mol. The van der Waals surface area contributed by atoms with E-state index in [9.17, 15) is 10.1 Å². The number of hydrogen-bond acceptors (Lipinski definition) is 7. The molecule has 17 heavy (non-hydrogen) atoms. The molecule has 0 aliphatic rings. The fourth-order valence-electron chi connectivity index (χ4n) is 1.25. The molecule has 0 aliphatic heterocycles. The molecule has 0 fully saturated rings. The van der Waals surface area contributed by atoms with Crippen molar-refractivity contribution in [2.75, 3.05) is 14.2 Å². The van der Waals surface area contributed by atoms with Crippen LogP contribution in [0.25, 0.3) is 5.70 Å². The van der Waals surface area contributed by atoms with Crippen LogP contribution in [-0.2, 0) is 0 Å². The van der Waals surface area contributed by atoms with E-state index in [0.29, 0.717) is 11.4 Å². The fraction of sp³-hybridized carbons (Fsp3) is 0.222. The lowest BCUT2D eigenvalue weighted by molar-refractivity contribution is -0.386. The van der Waals surface area contributed by atoms with Crippen LogP contribution < -0.4 is 16.3 Å². The average Bonchev–Trinajstić information content (AvgIpc) is 2.28. The minimum atomic E-state index is -0.576. The second kappa shape index (κ2) is 5.12. The molecule has 4 N–H and O–H groups in total. The van der Waals surface area contributed by atoms with E-state index in [0.717, 1.165) is 0 Å². The van der Waals surface area contributed by atoms with Gasteiger partial charge in [0.25, 0.3) is 5.88 Å². The smallest absolute Gasteiger partial charge is 0.330 e. The maximum Gasteiger partial charge on any atom is 0.330 e. The van der Waals surface area contributed by atoms with Gasteiger partial charge in [-0.15, -0.1) is 0 Å². The molecule has 0 amide bonds. The third-order valence-electron chi connectivity index (χ3n) is 2.03. The Morgan fingerprint density at radius 2 is 2.29 bits per heavy atom. The van der Waals surface area contributed by atoms with E-state index in [4.69, 9.17) is 16.3 Å². The van der Waals surface area contributed by atoms with Crippen LogP contribution in [-0.4, -0.2) is 29.1 Å². The van der Waals surface area contributed by atoms with Gasteiger partial charge in [0.1, 0.15) is 0 Å². The van der Waals surface area contributed by atoms with Crippen molar-refractivity contribution in [1.82, 2.24) is 9.99 Å². The number of nitrogens with two attached hydrogens (primary N) is 2. The van der Waals surface area contributed by atoms with Crippen LogP contribution in [0.4, 0.5) is 5.69 Å². The van der Waals surface area contributed by atoms with Crippen molar-refractivity contribution in [2.45, 2.75) is 0 Å². The Bertz CT molecular complexity index is 458. The van der Waals surface area contributed by atoms with Crippen LogP contribution in [0.5, 0.6) is 5.88 Å². The normalized spacial score (nSPS) is 11.1. The van der Waals surface area contributed by atoms with Crippen molar-refractivity contribution in [2.24, 2.45) is 11.6 Å². The minimum Gasteiger partial charge on any atom is -0.476 e. The Kier molecular flexibility index (Phi) is 3.83. The molecule has 0 aliphatic carbocycles. The van der Waals surface area contributed by atoms with Crippen molar-refractivity contribution in [3.05, 3.63) is 34.1 Å². The molecule has 1 aromatic heterocycles. The van der Waals surface area contributed by atoms with Gasteiger partial charge in [-0.2, -0.15) is 0 Å². The van der Waals surface area contributed by atoms with E-state index in [1.165, 1.54) is 30.5 Å². The van der Waals surface area contributed by atoms with Gasteiger partial charge in [-0.25, -0.2) is 10.8 Å². The molecule has 0 bridgehead atoms. The molecule has 0 unspecified atom stereocenters. The monoisotopic (exact) mass is 239 g/mol. The fourth-order valence-corrected chi connectivity index (χ4v) is 1.25. The lowest BCUT2D eigenvalue weighted by Gasteiger charge is -2.15. The predicted molar refractivity (Wildman–Crippen MR) is 61.6 cm³/mol. The van der Waals surface area contributed by atoms with Gasteiger partial charge < -0.3 is 15.5 Å². The number of rotatable bonds is 4. The summed E-state index contributed by atoms with van der Waals surface area (Å²) >= 11 is 0. The zero-order valence-corrected chi connectivity index (χ0v) is 9.45. The van der Waals surface area contributed by atoms with Gasteiger partial charge in [-0.1, -0.05) is 0 Å². The Labute approximate surface area is 97.6 Å². The maximum atomic E-state index is 10.7. The highest BCUT2D eigenvalue weighted by Gasteiger charge is 2.18. The zero-order valence-electron chi connectivity index (χ0n) is 9.45. The first-order chi connectivity index (χ1) is 8.01. The zero-order chi connectivity index (χ0) is 13.0. The van der Waals surface area contributed by atoms with Gasteiger partial charge in [0.2, 0.25) is 0 Å². The molecule has 0 radical (unpaired) electrons. The number of nitrogens with zero attached hydrogens (tertiary/aromatic N) is 3. The summed E-state index contributed by atoms with van der Waals surface area (Å²) in [6, 6.07) is 2.73. The second-order valence-corrected chi connectivity index (χ2v) is 3.14. The maximum absolute atomic E-state index is 10.7. The van der Waals surface area contributed by atoms with Crippen LogP contribution in [0.3, 0.4) is 0 Å². The molecular formula is C9H13N5O3. The molecule has 0 saturated heterocycles. The van der Waals surface area contributed by atoms with E-state index in [-0.39, 0.29) is 11.6 Å². The van der Waals surface area contributed by atoms with Crippen molar-refractivity contribution in [1.29, 1.82) is 0 Å². The van der Waals surface area contributed by atoms with Gasteiger partial charge in [-0.3, -0.25) is 10.1 Å². The highest BCUT2D eigenvalue weighted by Crippen LogP contribution is 2.26. The lowest BCUT2D eigenvalue weighted by atomic mass is 10.2. The van der Waals surface area contributed by atoms with Crippen molar-refractivity contribution < 1.29 is 9.66 Å². The molecule has 0 spiro atoms. The van der Waals surface area contributed by atoms with Crippen LogP contribution in [0.15, 0.2) is 18.3 Å². The summed E-state index contributed by atoms with van der Waals surface area (Å²) in [7, 11) is 2.88. The molecule has 8 heteroatoms. The number of aromatic nitrogens is 1. The summed E-state index contributed by atoms with van der Waals surface area (Å²) in [4.78, 5) is 14.1. The van der Waals surface area contributed by atoms with Crippen LogP contribution in [0.2, 0.25) is 0 Å². The number of ether oxygens (including phenoxy) is 1. The van der Waals surface area contributed by atoms with Gasteiger partial charge >= 0.3 is 5.69 Å². The van der Waals surface area contributed by atoms with Crippen LogP contribution >= 0.6 is 0 Å². The first-order valence-corrected chi connectivity index (χ1v) is 4.61. The molecule has 0 saturated carbocycles. The van der Waals surface area contributed by atoms with E-state index >= 15 is 0 Å². The summed E-state index contributed by atoms with van der Waals surface area (Å²) in [5.41, 5.74) is 6.00. The molecule has 92 valence electrons. The summed E-state index contributed by atoms with van der Waals surface area (Å²) in [5, 5.41) is 11.9. The Balaban J connectivity index is 3.27. The van der Waals surface area contributed by atoms with Crippen molar-refractivity contribution in [3.63, 3.8) is 0 Å². The predicted octanol–water partition coefficient (Wildman–Crippen LogP) is 0.0610. The second-order valence-electron chi connectivity index (χ2n) is 3.14. The summed E-state index contributed by atoms with van der Waals surface area (Å²) in [5.74, 6) is 5.45. The minimum absolute atomic E-state index is 0.0892. The summed E-state index contributed by atoms with van der Waals surface area (Å²) in [6.45, 7) is 0. The number of methoxy groups -OCH3 is 1. The number of hydrogen-bond donors (Lipinski definition) is 2. The molecule has 0 aromatic carbocycles. The standard InChI is InChI=1S/C9H13N5O3/c1-13(11)8(5-10)6-3-4-7(14(15)16)9(12-6)17-2/h3-5H,10-11H2,1-2H3/b8-5-. The van der Waals surface area contributed by atoms with Crippen LogP contribution in [0, 0.1) is 10.1 Å². The molecule has 1 aromatic rings. The van der Waals surface area contributed by atoms with E-state index < -0.39 is 4.92 Å². The first-order valence-electron chi connectivity index (χ1n) is 4.61. The number of pyridine rings is 1. The van der Waals surface area contributed by atoms with Gasteiger partial charge in [-0.05, 0) is 6.07 Å². The largest absolute Gasteiger partial charge is 0.476 e. The topological polar surface area (TPSA) is 121 Å². The van der Waals surface area contributed by atoms with Crippen LogP contribution in [0.1, 0.15) is 5.69 Å². The van der Waals surface area contributed by atoms with E-state index in [2.05, 4.69) is 4.98 Å². The third kappa shape index (κ3) is 2.61. The summed E-state index contributed by atoms with van der Waals surface area (Å²) in [6.07, 6.45) is 1.26. The van der Waals surface area contributed by atoms with Crippen molar-refractivity contribution in [3.8, 4) is 5.88 Å². The molecule has 1 rings (SSSR count). The van der Waals surface area contributed by atoms with Crippen molar-refractivity contribution >= 4 is 11.4 Å². The highest BCUT2D eigenvalue weighted by molar-refractivity contribution is 5.62. The molecule has 0 atom stereocenters. The van der Waals surface area contributed by atoms with Gasteiger partial charge in [0, 0.05) is 19.3 Å². The molecule has 1 heterocycles. The average molecular weight is 239 g/mol.